The summed E-state index contributed by atoms with van der Waals surface area (Å²) in [4.78, 5) is 13.4. The number of hydrogen-bond acceptors (Lipinski definition) is 4. The van der Waals surface area contributed by atoms with Crippen molar-refractivity contribution in [3.8, 4) is 0 Å². The molecule has 2 saturated heterocycles. The molecule has 0 aromatic heterocycles. The Bertz CT molecular complexity index is 315. The average Bonchev–Trinajstić information content (AvgIpc) is 2.51. The standard InChI is InChI=1S/C6H9N5O3/c7-11-8-2-3-1-6(13)4(14-3)9-5(12)10-6/h3-4,13H,1-2H2,(H2,9,10,12)/t3-,4?,6?/m1/s1. The molecule has 0 spiro atoms. The van der Waals surface area contributed by atoms with Crippen molar-refractivity contribution in [3.05, 3.63) is 10.4 Å². The molecule has 0 saturated carbocycles. The molecule has 0 aliphatic carbocycles. The third-order valence-corrected chi connectivity index (χ3v) is 2.24. The van der Waals surface area contributed by atoms with Gasteiger partial charge in [0.15, 0.2) is 12.0 Å². The van der Waals surface area contributed by atoms with E-state index in [9.17, 15) is 9.90 Å². The zero-order chi connectivity index (χ0) is 10.2. The fourth-order valence-electron chi connectivity index (χ4n) is 1.66. The highest BCUT2D eigenvalue weighted by Crippen LogP contribution is 2.30. The van der Waals surface area contributed by atoms with Gasteiger partial charge in [-0.05, 0) is 5.53 Å². The van der Waals surface area contributed by atoms with Crippen LogP contribution in [0.3, 0.4) is 0 Å². The molecule has 2 aliphatic heterocycles. The lowest BCUT2D eigenvalue weighted by Crippen LogP contribution is -2.45. The lowest BCUT2D eigenvalue weighted by atomic mass is 10.1. The van der Waals surface area contributed by atoms with Crippen molar-refractivity contribution in [2.45, 2.75) is 24.5 Å². The van der Waals surface area contributed by atoms with Crippen molar-refractivity contribution in [1.82, 2.24) is 10.6 Å². The van der Waals surface area contributed by atoms with Gasteiger partial charge in [0.25, 0.3) is 0 Å². The van der Waals surface area contributed by atoms with E-state index in [2.05, 4.69) is 20.7 Å². The molecule has 2 aliphatic rings. The highest BCUT2D eigenvalue weighted by Gasteiger charge is 2.53. The number of fused-ring (bicyclic) bond motifs is 1. The van der Waals surface area contributed by atoms with Crippen LogP contribution in [0.15, 0.2) is 5.11 Å². The SMILES string of the molecule is [N-]=[N+]=NC[C@H]1CC2(O)NC(=O)NC2O1. The summed E-state index contributed by atoms with van der Waals surface area (Å²) in [5, 5.41) is 17.9. The maximum absolute atomic E-state index is 10.8. The highest BCUT2D eigenvalue weighted by molar-refractivity contribution is 5.77. The first-order chi connectivity index (χ1) is 6.64. The van der Waals surface area contributed by atoms with Crippen molar-refractivity contribution in [1.29, 1.82) is 0 Å². The van der Waals surface area contributed by atoms with E-state index in [-0.39, 0.29) is 19.1 Å². The molecule has 2 amide bonds. The molecule has 0 aromatic carbocycles. The lowest BCUT2D eigenvalue weighted by Gasteiger charge is -2.17. The molecule has 0 bridgehead atoms. The summed E-state index contributed by atoms with van der Waals surface area (Å²) in [6.07, 6.45) is -0.905. The third-order valence-electron chi connectivity index (χ3n) is 2.24. The highest BCUT2D eigenvalue weighted by atomic mass is 16.5. The lowest BCUT2D eigenvalue weighted by molar-refractivity contribution is -0.0452. The van der Waals surface area contributed by atoms with Crippen LogP contribution >= 0.6 is 0 Å². The number of nitrogens with zero attached hydrogens (tertiary/aromatic N) is 3. The van der Waals surface area contributed by atoms with Gasteiger partial charge < -0.3 is 20.5 Å². The number of rotatable bonds is 2. The Balaban J connectivity index is 2.01. The normalized spacial score (nSPS) is 39.6. The van der Waals surface area contributed by atoms with Crippen LogP contribution < -0.4 is 10.6 Å². The molecule has 8 nitrogen and oxygen atoms in total. The second-order valence-corrected chi connectivity index (χ2v) is 3.28. The Morgan fingerprint density at radius 3 is 3.29 bits per heavy atom. The van der Waals surface area contributed by atoms with Gasteiger partial charge in [-0.3, -0.25) is 0 Å². The quantitative estimate of drug-likeness (QED) is 0.313. The van der Waals surface area contributed by atoms with Crippen LogP contribution in [-0.2, 0) is 4.74 Å². The Morgan fingerprint density at radius 1 is 1.86 bits per heavy atom. The Kier molecular flexibility index (Phi) is 1.95. The first kappa shape index (κ1) is 9.07. The largest absolute Gasteiger partial charge is 0.367 e. The van der Waals surface area contributed by atoms with Crippen LogP contribution in [-0.4, -0.2) is 35.7 Å². The second-order valence-electron chi connectivity index (χ2n) is 3.28. The predicted molar refractivity (Wildman–Crippen MR) is 43.9 cm³/mol. The molecule has 2 fully saturated rings. The van der Waals surface area contributed by atoms with Crippen LogP contribution in [0.25, 0.3) is 10.4 Å². The topological polar surface area (TPSA) is 119 Å². The number of carbonyl (C=O) groups excluding carboxylic acids is 1. The molecule has 76 valence electrons. The third kappa shape index (κ3) is 1.35. The van der Waals surface area contributed by atoms with E-state index >= 15 is 0 Å². The van der Waals surface area contributed by atoms with Crippen molar-refractivity contribution >= 4 is 6.03 Å². The molecule has 0 radical (unpaired) electrons. The summed E-state index contributed by atoms with van der Waals surface area (Å²) in [7, 11) is 0. The van der Waals surface area contributed by atoms with Gasteiger partial charge in [0.1, 0.15) is 0 Å². The van der Waals surface area contributed by atoms with Crippen LogP contribution in [0, 0.1) is 0 Å². The Labute approximate surface area is 78.9 Å². The average molecular weight is 199 g/mol. The predicted octanol–water partition coefficient (Wildman–Crippen LogP) is -0.587. The minimum Gasteiger partial charge on any atom is -0.367 e. The van der Waals surface area contributed by atoms with Crippen LogP contribution in [0.5, 0.6) is 0 Å². The van der Waals surface area contributed by atoms with Gasteiger partial charge >= 0.3 is 6.03 Å². The number of carbonyl (C=O) groups is 1. The molecule has 2 unspecified atom stereocenters. The number of hydrogen-bond donors (Lipinski definition) is 3. The van der Waals surface area contributed by atoms with Gasteiger partial charge in [-0.15, -0.1) is 0 Å². The summed E-state index contributed by atoms with van der Waals surface area (Å²) in [6, 6.07) is -0.459. The molecule has 2 heterocycles. The molecule has 8 heteroatoms. The van der Waals surface area contributed by atoms with E-state index in [1.807, 2.05) is 0 Å². The van der Waals surface area contributed by atoms with E-state index in [0.717, 1.165) is 0 Å². The number of azide groups is 1. The van der Waals surface area contributed by atoms with Crippen molar-refractivity contribution < 1.29 is 14.6 Å². The number of amides is 2. The van der Waals surface area contributed by atoms with Gasteiger partial charge in [-0.2, -0.15) is 0 Å². The van der Waals surface area contributed by atoms with Crippen LogP contribution in [0.4, 0.5) is 4.79 Å². The molecular weight excluding hydrogens is 190 g/mol. The van der Waals surface area contributed by atoms with Gasteiger partial charge in [0, 0.05) is 11.3 Å². The van der Waals surface area contributed by atoms with E-state index in [0.29, 0.717) is 0 Å². The smallest absolute Gasteiger partial charge is 0.319 e. The summed E-state index contributed by atoms with van der Waals surface area (Å²) < 4.78 is 5.25. The van der Waals surface area contributed by atoms with Gasteiger partial charge in [-0.1, -0.05) is 5.11 Å². The van der Waals surface area contributed by atoms with E-state index in [1.54, 1.807) is 0 Å². The molecular formula is C6H9N5O3. The Morgan fingerprint density at radius 2 is 2.64 bits per heavy atom. The van der Waals surface area contributed by atoms with Crippen molar-refractivity contribution in [3.63, 3.8) is 0 Å². The first-order valence-electron chi connectivity index (χ1n) is 4.11. The molecule has 3 N–H and O–H groups in total. The zero-order valence-electron chi connectivity index (χ0n) is 7.17. The maximum atomic E-state index is 10.8. The minimum atomic E-state index is -1.37. The molecule has 2 rings (SSSR count). The second kappa shape index (κ2) is 3.02. The van der Waals surface area contributed by atoms with Crippen molar-refractivity contribution in [2.75, 3.05) is 6.54 Å². The van der Waals surface area contributed by atoms with E-state index < -0.39 is 18.0 Å². The minimum absolute atomic E-state index is 0.146. The Hall–Kier alpha value is -1.50. The molecule has 3 atom stereocenters. The van der Waals surface area contributed by atoms with Gasteiger partial charge in [-0.25, -0.2) is 4.79 Å². The van der Waals surface area contributed by atoms with Gasteiger partial charge in [0.2, 0.25) is 0 Å². The summed E-state index contributed by atoms with van der Waals surface area (Å²) in [5.74, 6) is 0. The number of ether oxygens (including phenoxy) is 1. The number of urea groups is 1. The van der Waals surface area contributed by atoms with E-state index in [4.69, 9.17) is 10.3 Å². The fraction of sp³-hybridized carbons (Fsp3) is 0.833. The van der Waals surface area contributed by atoms with E-state index in [1.165, 1.54) is 0 Å². The zero-order valence-corrected chi connectivity index (χ0v) is 7.17. The van der Waals surface area contributed by atoms with Crippen molar-refractivity contribution in [2.24, 2.45) is 5.11 Å². The molecule has 14 heavy (non-hydrogen) atoms. The monoisotopic (exact) mass is 199 g/mol. The molecule has 0 aromatic rings. The summed E-state index contributed by atoms with van der Waals surface area (Å²) in [5.41, 5.74) is 6.72. The fourth-order valence-corrected chi connectivity index (χ4v) is 1.66. The summed E-state index contributed by atoms with van der Waals surface area (Å²) in [6.45, 7) is 0.146. The summed E-state index contributed by atoms with van der Waals surface area (Å²) >= 11 is 0. The van der Waals surface area contributed by atoms with Crippen LogP contribution in [0.2, 0.25) is 0 Å². The van der Waals surface area contributed by atoms with Gasteiger partial charge in [0.05, 0.1) is 12.6 Å². The number of nitrogens with one attached hydrogen (secondary N) is 2. The first-order valence-corrected chi connectivity index (χ1v) is 4.11. The maximum Gasteiger partial charge on any atom is 0.319 e. The van der Waals surface area contributed by atoms with Crippen LogP contribution in [0.1, 0.15) is 6.42 Å². The number of aliphatic hydroxyl groups is 1.